The summed E-state index contributed by atoms with van der Waals surface area (Å²) < 4.78 is 4.57. The highest BCUT2D eigenvalue weighted by atomic mass is 32.2. The molecule has 1 amide bonds. The zero-order valence-electron chi connectivity index (χ0n) is 13.6. The Morgan fingerprint density at radius 2 is 1.91 bits per heavy atom. The molecule has 1 aromatic carbocycles. The monoisotopic (exact) mass is 335 g/mol. The predicted octanol–water partition coefficient (Wildman–Crippen LogP) is 3.63. The van der Waals surface area contributed by atoms with Crippen molar-refractivity contribution in [3.05, 3.63) is 41.3 Å². The van der Waals surface area contributed by atoms with E-state index in [2.05, 4.69) is 10.1 Å². The van der Waals surface area contributed by atoms with Gasteiger partial charge in [-0.1, -0.05) is 36.8 Å². The van der Waals surface area contributed by atoms with E-state index in [0.717, 1.165) is 30.6 Å². The van der Waals surface area contributed by atoms with Crippen molar-refractivity contribution in [2.75, 3.05) is 19.4 Å². The van der Waals surface area contributed by atoms with Crippen LogP contribution in [0.5, 0.6) is 0 Å². The highest BCUT2D eigenvalue weighted by molar-refractivity contribution is 8.02. The first kappa shape index (κ1) is 19.3. The molecule has 4 nitrogen and oxygen atoms in total. The summed E-state index contributed by atoms with van der Waals surface area (Å²) in [6, 6.07) is 10.1. The maximum Gasteiger partial charge on any atom is 0.305 e. The van der Waals surface area contributed by atoms with Crippen LogP contribution < -0.4 is 5.32 Å². The van der Waals surface area contributed by atoms with Gasteiger partial charge in [-0.25, -0.2) is 0 Å². The largest absolute Gasteiger partial charge is 0.469 e. The number of thioether (sulfide) groups is 1. The first-order valence-corrected chi connectivity index (χ1v) is 8.94. The number of unbranched alkanes of at least 4 members (excludes halogenated alkanes) is 2. The number of carbonyl (C=O) groups is 2. The molecule has 5 heteroatoms. The number of ether oxygens (including phenoxy) is 1. The Balaban J connectivity index is 1.96. The molecule has 0 aliphatic rings. The molecule has 0 spiro atoms. The lowest BCUT2D eigenvalue weighted by atomic mass is 10.2. The van der Waals surface area contributed by atoms with Crippen LogP contribution in [0.2, 0.25) is 0 Å². The van der Waals surface area contributed by atoms with E-state index in [1.807, 2.05) is 41.8 Å². The highest BCUT2D eigenvalue weighted by Crippen LogP contribution is 2.09. The van der Waals surface area contributed by atoms with Gasteiger partial charge in [0.2, 0.25) is 5.91 Å². The second-order valence-electron chi connectivity index (χ2n) is 5.07. The third-order valence-electron chi connectivity index (χ3n) is 3.21. The van der Waals surface area contributed by atoms with Crippen molar-refractivity contribution in [1.82, 2.24) is 5.32 Å². The molecule has 1 N–H and O–H groups in total. The van der Waals surface area contributed by atoms with E-state index in [-0.39, 0.29) is 11.9 Å². The summed E-state index contributed by atoms with van der Waals surface area (Å²) in [5, 5.41) is 4.92. The van der Waals surface area contributed by atoms with Crippen LogP contribution in [0.25, 0.3) is 6.08 Å². The second kappa shape index (κ2) is 12.8. The SMILES string of the molecule is COC(=O)CCCCCNC(=O)CCSC=Cc1ccccc1. The zero-order chi connectivity index (χ0) is 16.8. The fraction of sp³-hybridized carbons (Fsp3) is 0.444. The minimum absolute atomic E-state index is 0.0820. The normalized spacial score (nSPS) is 10.7. The molecule has 23 heavy (non-hydrogen) atoms. The standard InChI is InChI=1S/C18H25NO3S/c1-22-18(21)10-6-3-7-13-19-17(20)12-15-23-14-11-16-8-4-2-5-9-16/h2,4-5,8-9,11,14H,3,6-7,10,12-13,15H2,1H3,(H,19,20). The van der Waals surface area contributed by atoms with Crippen molar-refractivity contribution in [3.8, 4) is 0 Å². The summed E-state index contributed by atoms with van der Waals surface area (Å²) in [6.45, 7) is 0.671. The van der Waals surface area contributed by atoms with Gasteiger partial charge in [-0.15, -0.1) is 11.8 Å². The van der Waals surface area contributed by atoms with Crippen molar-refractivity contribution in [2.45, 2.75) is 32.1 Å². The Hall–Kier alpha value is -1.75. The molecular weight excluding hydrogens is 310 g/mol. The molecule has 0 aliphatic carbocycles. The number of amides is 1. The van der Waals surface area contributed by atoms with Gasteiger partial charge in [0.25, 0.3) is 0 Å². The zero-order valence-corrected chi connectivity index (χ0v) is 14.4. The van der Waals surface area contributed by atoms with E-state index in [0.29, 0.717) is 19.4 Å². The summed E-state index contributed by atoms with van der Waals surface area (Å²) in [7, 11) is 1.40. The first-order valence-electron chi connectivity index (χ1n) is 7.89. The van der Waals surface area contributed by atoms with Gasteiger partial charge in [0.1, 0.15) is 0 Å². The van der Waals surface area contributed by atoms with E-state index in [1.165, 1.54) is 7.11 Å². The highest BCUT2D eigenvalue weighted by Gasteiger charge is 2.01. The van der Waals surface area contributed by atoms with Gasteiger partial charge < -0.3 is 10.1 Å². The van der Waals surface area contributed by atoms with Gasteiger partial charge in [0.15, 0.2) is 0 Å². The molecule has 0 aromatic heterocycles. The molecule has 126 valence electrons. The van der Waals surface area contributed by atoms with Crippen molar-refractivity contribution in [3.63, 3.8) is 0 Å². The molecule has 1 aromatic rings. The number of benzene rings is 1. The molecule has 0 saturated heterocycles. The molecule has 0 saturated carbocycles. The molecule has 0 aliphatic heterocycles. The molecular formula is C18H25NO3S. The average molecular weight is 335 g/mol. The predicted molar refractivity (Wildman–Crippen MR) is 96.0 cm³/mol. The van der Waals surface area contributed by atoms with E-state index in [9.17, 15) is 9.59 Å². The van der Waals surface area contributed by atoms with Crippen LogP contribution in [0.1, 0.15) is 37.7 Å². The van der Waals surface area contributed by atoms with Gasteiger partial charge in [-0.05, 0) is 29.9 Å². The number of esters is 1. The number of methoxy groups -OCH3 is 1. The Kier molecular flexibility index (Phi) is 10.7. The lowest BCUT2D eigenvalue weighted by Gasteiger charge is -2.04. The summed E-state index contributed by atoms with van der Waals surface area (Å²) in [4.78, 5) is 22.6. The van der Waals surface area contributed by atoms with E-state index >= 15 is 0 Å². The Labute approximate surface area is 142 Å². The summed E-state index contributed by atoms with van der Waals surface area (Å²) in [6.07, 6.45) is 5.64. The van der Waals surface area contributed by atoms with Crippen LogP contribution in [0.4, 0.5) is 0 Å². The maximum atomic E-state index is 11.6. The molecule has 0 radical (unpaired) electrons. The lowest BCUT2D eigenvalue weighted by molar-refractivity contribution is -0.140. The van der Waals surface area contributed by atoms with Crippen LogP contribution in [0.3, 0.4) is 0 Å². The molecule has 0 bridgehead atoms. The Morgan fingerprint density at radius 1 is 1.13 bits per heavy atom. The summed E-state index contributed by atoms with van der Waals surface area (Å²) in [5.41, 5.74) is 1.16. The molecule has 0 heterocycles. The molecule has 0 fully saturated rings. The van der Waals surface area contributed by atoms with Crippen LogP contribution >= 0.6 is 11.8 Å². The summed E-state index contributed by atoms with van der Waals surface area (Å²) in [5.74, 6) is 0.686. The van der Waals surface area contributed by atoms with Gasteiger partial charge >= 0.3 is 5.97 Å². The van der Waals surface area contributed by atoms with Crippen LogP contribution in [0, 0.1) is 0 Å². The fourth-order valence-corrected chi connectivity index (χ4v) is 2.59. The smallest absolute Gasteiger partial charge is 0.305 e. The van der Waals surface area contributed by atoms with Crippen LogP contribution in [-0.2, 0) is 14.3 Å². The Morgan fingerprint density at radius 3 is 2.65 bits per heavy atom. The minimum Gasteiger partial charge on any atom is -0.469 e. The van der Waals surface area contributed by atoms with Crippen molar-refractivity contribution >= 4 is 29.7 Å². The third-order valence-corrected chi connectivity index (χ3v) is 3.98. The van der Waals surface area contributed by atoms with Gasteiger partial charge in [0.05, 0.1) is 7.11 Å². The quantitative estimate of drug-likeness (QED) is 0.495. The number of carbonyl (C=O) groups excluding carboxylic acids is 2. The van der Waals surface area contributed by atoms with Crippen LogP contribution in [0.15, 0.2) is 35.7 Å². The van der Waals surface area contributed by atoms with Crippen molar-refractivity contribution in [1.29, 1.82) is 0 Å². The second-order valence-corrected chi connectivity index (χ2v) is 6.08. The molecule has 1 rings (SSSR count). The van der Waals surface area contributed by atoms with Crippen molar-refractivity contribution in [2.24, 2.45) is 0 Å². The fourth-order valence-electron chi connectivity index (χ4n) is 1.90. The molecule has 0 unspecified atom stereocenters. The average Bonchev–Trinajstić information content (AvgIpc) is 2.58. The topological polar surface area (TPSA) is 55.4 Å². The number of nitrogens with one attached hydrogen (secondary N) is 1. The minimum atomic E-state index is -0.172. The number of hydrogen-bond acceptors (Lipinski definition) is 4. The summed E-state index contributed by atoms with van der Waals surface area (Å²) >= 11 is 1.64. The van der Waals surface area contributed by atoms with Gasteiger partial charge in [-0.3, -0.25) is 9.59 Å². The molecule has 0 atom stereocenters. The van der Waals surface area contributed by atoms with E-state index in [4.69, 9.17) is 0 Å². The number of rotatable bonds is 11. The maximum absolute atomic E-state index is 11.6. The third kappa shape index (κ3) is 10.6. The van der Waals surface area contributed by atoms with E-state index < -0.39 is 0 Å². The number of hydrogen-bond donors (Lipinski definition) is 1. The lowest BCUT2D eigenvalue weighted by Crippen LogP contribution is -2.24. The Bertz CT molecular complexity index is 488. The first-order chi connectivity index (χ1) is 11.2. The van der Waals surface area contributed by atoms with E-state index in [1.54, 1.807) is 11.8 Å². The van der Waals surface area contributed by atoms with Crippen molar-refractivity contribution < 1.29 is 14.3 Å². The van der Waals surface area contributed by atoms with Crippen LogP contribution in [-0.4, -0.2) is 31.3 Å². The van der Waals surface area contributed by atoms with Gasteiger partial charge in [0, 0.05) is 25.1 Å². The van der Waals surface area contributed by atoms with Gasteiger partial charge in [-0.2, -0.15) is 0 Å².